The van der Waals surface area contributed by atoms with Crippen LogP contribution in [0.2, 0.25) is 5.02 Å². The second kappa shape index (κ2) is 15.8. The molecule has 1 N–H and O–H groups in total. The summed E-state index contributed by atoms with van der Waals surface area (Å²) in [4.78, 5) is 11.8. The fourth-order valence-corrected chi connectivity index (χ4v) is 6.20. The quantitative estimate of drug-likeness (QED) is 0.198. The molecule has 1 aliphatic carbocycles. The van der Waals surface area contributed by atoms with Crippen molar-refractivity contribution in [2.45, 2.75) is 76.8 Å². The molecule has 14 nitrogen and oxygen atoms in total. The van der Waals surface area contributed by atoms with E-state index in [1.54, 1.807) is 36.6 Å². The van der Waals surface area contributed by atoms with E-state index in [1.807, 2.05) is 32.2 Å². The number of ether oxygens (including phenoxy) is 4. The van der Waals surface area contributed by atoms with Crippen LogP contribution in [-0.4, -0.2) is 103 Å². The van der Waals surface area contributed by atoms with E-state index in [2.05, 4.69) is 40.4 Å². The Morgan fingerprint density at radius 3 is 2.51 bits per heavy atom. The monoisotopic (exact) mass is 666 g/mol. The van der Waals surface area contributed by atoms with Crippen molar-refractivity contribution in [3.63, 3.8) is 0 Å². The summed E-state index contributed by atoms with van der Waals surface area (Å²) in [5.41, 5.74) is 2.43. The van der Waals surface area contributed by atoms with Crippen molar-refractivity contribution in [2.24, 2.45) is 0 Å². The zero-order valence-electron chi connectivity index (χ0n) is 27.2. The minimum Gasteiger partial charge on any atom is -0.487 e. The van der Waals surface area contributed by atoms with Gasteiger partial charge < -0.3 is 24.3 Å². The van der Waals surface area contributed by atoms with Crippen LogP contribution in [0.5, 0.6) is 11.6 Å². The Kier molecular flexibility index (Phi) is 11.1. The molecule has 1 aromatic carbocycles. The van der Waals surface area contributed by atoms with E-state index in [4.69, 9.17) is 35.6 Å². The summed E-state index contributed by atoms with van der Waals surface area (Å²) in [6, 6.07) is 6.53. The molecule has 1 aliphatic heterocycles. The molecule has 0 unspecified atom stereocenters. The lowest BCUT2D eigenvalue weighted by atomic mass is 9.90. The van der Waals surface area contributed by atoms with Crippen LogP contribution in [0.1, 0.15) is 52.0 Å². The molecule has 2 aliphatic rings. The molecule has 4 heterocycles. The molecule has 1 saturated heterocycles. The van der Waals surface area contributed by atoms with Gasteiger partial charge in [-0.25, -0.2) is 14.6 Å². The molecule has 3 aromatic heterocycles. The highest BCUT2D eigenvalue weighted by Gasteiger charge is 2.29. The number of hydrogen-bond acceptors (Lipinski definition) is 12. The summed E-state index contributed by atoms with van der Waals surface area (Å²) >= 11 is 6.46. The molecule has 0 radical (unpaired) electrons. The number of nitrogens with zero attached hydrogens (tertiary/aromatic N) is 9. The zero-order valence-corrected chi connectivity index (χ0v) is 27.9. The summed E-state index contributed by atoms with van der Waals surface area (Å²) in [7, 11) is 1.71. The Bertz CT molecular complexity index is 1540. The molecule has 1 saturated carbocycles. The lowest BCUT2D eigenvalue weighted by Gasteiger charge is -2.38. The number of anilines is 2. The van der Waals surface area contributed by atoms with Gasteiger partial charge in [-0.2, -0.15) is 0 Å². The van der Waals surface area contributed by atoms with Crippen LogP contribution in [0.15, 0.2) is 43.1 Å². The molecule has 2 fully saturated rings. The highest BCUT2D eigenvalue weighted by molar-refractivity contribution is 6.32. The smallest absolute Gasteiger partial charge is 0.256 e. The molecule has 252 valence electrons. The van der Waals surface area contributed by atoms with Crippen LogP contribution < -0.4 is 14.8 Å². The van der Waals surface area contributed by atoms with E-state index in [0.29, 0.717) is 47.8 Å². The molecule has 2 atom stereocenters. The first-order valence-corrected chi connectivity index (χ1v) is 16.7. The van der Waals surface area contributed by atoms with Gasteiger partial charge in [0.2, 0.25) is 5.95 Å². The minimum absolute atomic E-state index is 0.0906. The van der Waals surface area contributed by atoms with Gasteiger partial charge in [-0.3, -0.25) is 9.58 Å². The van der Waals surface area contributed by atoms with Crippen LogP contribution in [-0.2, 0) is 16.0 Å². The van der Waals surface area contributed by atoms with Crippen molar-refractivity contribution in [1.29, 1.82) is 0 Å². The lowest BCUT2D eigenvalue weighted by Crippen LogP contribution is -2.45. The summed E-state index contributed by atoms with van der Waals surface area (Å²) in [5.74, 6) is 1.54. The Balaban J connectivity index is 1.12. The topological polar surface area (TPSA) is 139 Å². The molecule has 47 heavy (non-hydrogen) atoms. The van der Waals surface area contributed by atoms with Crippen molar-refractivity contribution in [2.75, 3.05) is 45.3 Å². The van der Waals surface area contributed by atoms with Gasteiger partial charge in [0.15, 0.2) is 0 Å². The third-order valence-electron chi connectivity index (χ3n) is 8.79. The molecule has 4 aromatic rings. The first-order chi connectivity index (χ1) is 22.9. The number of tetrazole rings is 1. The number of morpholine rings is 1. The standard InChI is InChI=1S/C32H43ClN10O4/c1-22(44-3)10-13-46-31-29(20-43(38-31)27-7-5-26(6-8-27)41-11-14-45-15-12-41)37-32-34-17-25(18-35-32)24-4-9-28(33)30(16-24)47-23(2)19-42-21-36-39-40-42/h4,9,16-18,20-23,26-27H,5-8,10-15,19H2,1-3H3,(H,34,35,37)/t22-,23-,26?,27?/m0/s1. The highest BCUT2D eigenvalue weighted by Crippen LogP contribution is 2.35. The first-order valence-electron chi connectivity index (χ1n) is 16.3. The minimum atomic E-state index is -0.205. The summed E-state index contributed by atoms with van der Waals surface area (Å²) < 4.78 is 26.9. The first kappa shape index (κ1) is 33.1. The molecular weight excluding hydrogens is 624 g/mol. The van der Waals surface area contributed by atoms with E-state index in [0.717, 1.165) is 75.2 Å². The largest absolute Gasteiger partial charge is 0.487 e. The van der Waals surface area contributed by atoms with Gasteiger partial charge in [-0.15, -0.1) is 10.2 Å². The van der Waals surface area contributed by atoms with Gasteiger partial charge in [0.05, 0.1) is 49.7 Å². The molecule has 6 rings (SSSR count). The van der Waals surface area contributed by atoms with Crippen LogP contribution in [0.25, 0.3) is 11.1 Å². The van der Waals surface area contributed by atoms with Crippen LogP contribution in [0.3, 0.4) is 0 Å². The van der Waals surface area contributed by atoms with E-state index < -0.39 is 0 Å². The van der Waals surface area contributed by atoms with Gasteiger partial charge in [0.25, 0.3) is 5.88 Å². The molecule has 15 heteroatoms. The maximum atomic E-state index is 6.46. The summed E-state index contributed by atoms with van der Waals surface area (Å²) in [5, 5.41) is 20.0. The van der Waals surface area contributed by atoms with Crippen LogP contribution in [0, 0.1) is 0 Å². The second-order valence-corrected chi connectivity index (χ2v) is 12.6. The summed E-state index contributed by atoms with van der Waals surface area (Å²) in [6.45, 7) is 8.64. The van der Waals surface area contributed by atoms with Crippen molar-refractivity contribution < 1.29 is 18.9 Å². The molecule has 0 bridgehead atoms. The van der Waals surface area contributed by atoms with Crippen molar-refractivity contribution in [3.05, 3.63) is 48.1 Å². The van der Waals surface area contributed by atoms with Gasteiger partial charge in [-0.1, -0.05) is 17.7 Å². The SMILES string of the molecule is CO[C@@H](C)CCOc1nn(C2CCC(N3CCOCC3)CC2)cc1Nc1ncc(-c2ccc(Cl)c(O[C@@H](C)Cn3cnnn3)c2)cn1. The lowest BCUT2D eigenvalue weighted by molar-refractivity contribution is 0.00502. The summed E-state index contributed by atoms with van der Waals surface area (Å²) in [6.07, 6.45) is 12.2. The average molecular weight is 667 g/mol. The molecular formula is C32H43ClN10O4. The van der Waals surface area contributed by atoms with Crippen molar-refractivity contribution >= 4 is 23.2 Å². The zero-order chi connectivity index (χ0) is 32.6. The third-order valence-corrected chi connectivity index (χ3v) is 9.10. The van der Waals surface area contributed by atoms with Crippen LogP contribution in [0.4, 0.5) is 11.6 Å². The second-order valence-electron chi connectivity index (χ2n) is 12.1. The van der Waals surface area contributed by atoms with Crippen LogP contribution >= 0.6 is 11.6 Å². The maximum Gasteiger partial charge on any atom is 0.256 e. The molecule has 0 amide bonds. The number of halogens is 1. The Morgan fingerprint density at radius 1 is 1.02 bits per heavy atom. The van der Waals surface area contributed by atoms with Crippen molar-refractivity contribution in [1.82, 2.24) is 44.9 Å². The normalized spacial score (nSPS) is 20.1. The Hall–Kier alpha value is -3.85. The highest BCUT2D eigenvalue weighted by atomic mass is 35.5. The van der Waals surface area contributed by atoms with E-state index in [9.17, 15) is 0 Å². The van der Waals surface area contributed by atoms with Gasteiger partial charge in [0.1, 0.15) is 23.9 Å². The average Bonchev–Trinajstić information content (AvgIpc) is 3.76. The predicted octanol–water partition coefficient (Wildman–Crippen LogP) is 4.81. The van der Waals surface area contributed by atoms with Crippen molar-refractivity contribution in [3.8, 4) is 22.8 Å². The Morgan fingerprint density at radius 2 is 1.79 bits per heavy atom. The number of rotatable bonds is 14. The molecule has 0 spiro atoms. The maximum absolute atomic E-state index is 6.46. The number of hydrogen-bond donors (Lipinski definition) is 1. The number of nitrogens with one attached hydrogen (secondary N) is 1. The van der Waals surface area contributed by atoms with Gasteiger partial charge in [-0.05, 0) is 67.7 Å². The van der Waals surface area contributed by atoms with Gasteiger partial charge >= 0.3 is 0 Å². The fraction of sp³-hybridized carbons (Fsp3) is 0.562. The van der Waals surface area contributed by atoms with Gasteiger partial charge in [0, 0.05) is 50.6 Å². The van der Waals surface area contributed by atoms with E-state index in [1.165, 1.54) is 0 Å². The fourth-order valence-electron chi connectivity index (χ4n) is 6.04. The predicted molar refractivity (Wildman–Crippen MR) is 176 cm³/mol. The third kappa shape index (κ3) is 8.74. The number of aromatic nitrogens is 8. The number of benzene rings is 1. The van der Waals surface area contributed by atoms with E-state index in [-0.39, 0.29) is 12.2 Å². The van der Waals surface area contributed by atoms with E-state index >= 15 is 0 Å². The Labute approximate surface area is 279 Å². The number of methoxy groups -OCH3 is 1.